The van der Waals surface area contributed by atoms with Gasteiger partial charge in [0.1, 0.15) is 0 Å². The van der Waals surface area contributed by atoms with E-state index in [1.54, 1.807) is 0 Å². The molecule has 0 saturated carbocycles. The Balaban J connectivity index is 2.33. The summed E-state index contributed by atoms with van der Waals surface area (Å²) in [6.45, 7) is 0. The summed E-state index contributed by atoms with van der Waals surface area (Å²) < 4.78 is 42.4. The molecule has 0 N–H and O–H groups in total. The normalized spacial score (nSPS) is 17.9. The van der Waals surface area contributed by atoms with Crippen molar-refractivity contribution >= 4 is 34.6 Å². The van der Waals surface area contributed by atoms with Crippen molar-refractivity contribution in [3.8, 4) is 0 Å². The van der Waals surface area contributed by atoms with Crippen LogP contribution in [0.5, 0.6) is 0 Å². The molecule has 3 rings (SSSR count). The Morgan fingerprint density at radius 2 is 2.05 bits per heavy atom. The van der Waals surface area contributed by atoms with E-state index in [1.165, 1.54) is 6.07 Å². The third kappa shape index (κ3) is 2.33. The maximum atomic E-state index is 12.8. The largest absolute Gasteiger partial charge is 0.416 e. The second-order valence-corrected chi connectivity index (χ2v) is 5.53. The molecule has 0 aromatic heterocycles. The Morgan fingerprint density at radius 1 is 1.25 bits per heavy atom. The minimum absolute atomic E-state index is 0.323. The highest BCUT2D eigenvalue weighted by molar-refractivity contribution is 8.00. The Labute approximate surface area is 122 Å². The van der Waals surface area contributed by atoms with Crippen LogP contribution in [0, 0.1) is 0 Å². The molecule has 20 heavy (non-hydrogen) atoms. The molecule has 0 atom stereocenters. The fourth-order valence-electron chi connectivity index (χ4n) is 2.18. The van der Waals surface area contributed by atoms with Gasteiger partial charge in [-0.2, -0.15) is 13.2 Å². The first-order valence-electron chi connectivity index (χ1n) is 5.82. The first-order chi connectivity index (χ1) is 9.47. The number of rotatable bonds is 0. The lowest BCUT2D eigenvalue weighted by Gasteiger charge is -2.13. The fourth-order valence-corrected chi connectivity index (χ4v) is 3.13. The molecule has 102 valence electrons. The molecule has 1 aliphatic carbocycles. The molecule has 0 spiro atoms. The lowest BCUT2D eigenvalue weighted by atomic mass is 9.93. The summed E-state index contributed by atoms with van der Waals surface area (Å²) in [5, 5.41) is 2.80. The molecule has 2 aliphatic rings. The SMILES string of the molecule is FC(F)(F)c1ccc2c(c1)=NSC=C1C=CCC(=S)C=21. The van der Waals surface area contributed by atoms with Crippen molar-refractivity contribution in [3.05, 3.63) is 57.5 Å². The molecule has 6 heteroatoms. The van der Waals surface area contributed by atoms with Crippen molar-refractivity contribution in [1.82, 2.24) is 0 Å². The highest BCUT2D eigenvalue weighted by atomic mass is 32.2. The van der Waals surface area contributed by atoms with Crippen LogP contribution in [0.1, 0.15) is 12.0 Å². The van der Waals surface area contributed by atoms with Gasteiger partial charge in [-0.25, -0.2) is 4.40 Å². The van der Waals surface area contributed by atoms with Gasteiger partial charge in [0, 0.05) is 39.4 Å². The number of fused-ring (bicyclic) bond motifs is 2. The van der Waals surface area contributed by atoms with E-state index >= 15 is 0 Å². The van der Waals surface area contributed by atoms with Crippen molar-refractivity contribution in [3.63, 3.8) is 0 Å². The first-order valence-corrected chi connectivity index (χ1v) is 7.07. The number of thiocarbonyl (C=S) groups is 1. The summed E-state index contributed by atoms with van der Waals surface area (Å²) in [5.74, 6) is 0. The van der Waals surface area contributed by atoms with Crippen molar-refractivity contribution in [2.24, 2.45) is 4.40 Å². The minimum Gasteiger partial charge on any atom is -0.211 e. The minimum atomic E-state index is -4.37. The molecular formula is C14H8F3NS2. The van der Waals surface area contributed by atoms with Gasteiger partial charge in [0.2, 0.25) is 0 Å². The number of allylic oxidation sites excluding steroid dienone is 3. The van der Waals surface area contributed by atoms with Gasteiger partial charge in [-0.3, -0.25) is 0 Å². The van der Waals surface area contributed by atoms with Crippen LogP contribution in [0.4, 0.5) is 13.2 Å². The molecule has 0 amide bonds. The van der Waals surface area contributed by atoms with E-state index in [0.29, 0.717) is 17.0 Å². The van der Waals surface area contributed by atoms with Crippen molar-refractivity contribution in [1.29, 1.82) is 0 Å². The summed E-state index contributed by atoms with van der Waals surface area (Å²) in [6.07, 6.45) is 0.149. The molecule has 0 radical (unpaired) electrons. The summed E-state index contributed by atoms with van der Waals surface area (Å²) in [5.41, 5.74) is 1.04. The molecule has 0 saturated heterocycles. The van der Waals surface area contributed by atoms with Gasteiger partial charge in [-0.1, -0.05) is 30.4 Å². The molecule has 1 nitrogen and oxygen atoms in total. The maximum absolute atomic E-state index is 12.8. The number of nitrogens with zero attached hydrogens (tertiary/aromatic N) is 1. The molecule has 1 heterocycles. The predicted octanol–water partition coefficient (Wildman–Crippen LogP) is 3.35. The third-order valence-corrected chi connectivity index (χ3v) is 4.13. The second kappa shape index (κ2) is 4.86. The standard InChI is InChI=1S/C14H8F3NS2/c15-14(16,17)9-4-5-10-11(6-9)18-20-7-8-2-1-3-12(19)13(8)10/h1-2,4-7H,3H2. The topological polar surface area (TPSA) is 12.4 Å². The van der Waals surface area contributed by atoms with Gasteiger partial charge in [0.25, 0.3) is 0 Å². The van der Waals surface area contributed by atoms with Crippen LogP contribution in [0.2, 0.25) is 0 Å². The van der Waals surface area contributed by atoms with E-state index in [2.05, 4.69) is 4.40 Å². The Bertz CT molecular complexity index is 773. The maximum Gasteiger partial charge on any atom is 0.416 e. The first kappa shape index (κ1) is 13.6. The summed E-state index contributed by atoms with van der Waals surface area (Å²) in [7, 11) is 0. The molecule has 0 fully saturated rings. The number of hydrogen-bond acceptors (Lipinski definition) is 3. The Hall–Kier alpha value is -1.40. The zero-order valence-corrected chi connectivity index (χ0v) is 11.7. The lowest BCUT2D eigenvalue weighted by Crippen LogP contribution is -2.31. The quantitative estimate of drug-likeness (QED) is 0.538. The van der Waals surface area contributed by atoms with Gasteiger partial charge in [0.05, 0.1) is 10.9 Å². The van der Waals surface area contributed by atoms with Crippen molar-refractivity contribution in [2.75, 3.05) is 0 Å². The third-order valence-electron chi connectivity index (χ3n) is 3.09. The van der Waals surface area contributed by atoms with E-state index in [0.717, 1.165) is 40.1 Å². The van der Waals surface area contributed by atoms with Crippen LogP contribution in [0.25, 0.3) is 5.57 Å². The lowest BCUT2D eigenvalue weighted by molar-refractivity contribution is -0.137. The van der Waals surface area contributed by atoms with Crippen LogP contribution in [0.15, 0.2) is 45.7 Å². The van der Waals surface area contributed by atoms with E-state index in [1.807, 2.05) is 17.6 Å². The fraction of sp³-hybridized carbons (Fsp3) is 0.143. The van der Waals surface area contributed by atoms with Crippen LogP contribution >= 0.6 is 24.2 Å². The van der Waals surface area contributed by atoms with E-state index in [4.69, 9.17) is 12.2 Å². The van der Waals surface area contributed by atoms with Crippen LogP contribution < -0.4 is 10.6 Å². The smallest absolute Gasteiger partial charge is 0.211 e. The van der Waals surface area contributed by atoms with Crippen LogP contribution in [0.3, 0.4) is 0 Å². The van der Waals surface area contributed by atoms with E-state index in [9.17, 15) is 13.2 Å². The van der Waals surface area contributed by atoms with Gasteiger partial charge < -0.3 is 0 Å². The number of alkyl halides is 3. The Morgan fingerprint density at radius 3 is 2.80 bits per heavy atom. The molecule has 1 aromatic carbocycles. The van der Waals surface area contributed by atoms with Crippen LogP contribution in [-0.4, -0.2) is 4.86 Å². The summed E-state index contributed by atoms with van der Waals surface area (Å²) in [6, 6.07) is 3.62. The van der Waals surface area contributed by atoms with E-state index in [-0.39, 0.29) is 0 Å². The summed E-state index contributed by atoms with van der Waals surface area (Å²) >= 11 is 6.47. The monoisotopic (exact) mass is 311 g/mol. The number of benzene rings is 1. The second-order valence-electron chi connectivity index (χ2n) is 4.40. The zero-order chi connectivity index (χ0) is 14.3. The molecule has 0 bridgehead atoms. The van der Waals surface area contributed by atoms with Crippen LogP contribution in [-0.2, 0) is 6.18 Å². The predicted molar refractivity (Wildman–Crippen MR) is 77.7 cm³/mol. The number of hydrogen-bond donors (Lipinski definition) is 0. The Kier molecular flexibility index (Phi) is 3.30. The van der Waals surface area contributed by atoms with E-state index < -0.39 is 11.7 Å². The molecule has 0 unspecified atom stereocenters. The van der Waals surface area contributed by atoms with Gasteiger partial charge in [-0.05, 0) is 17.7 Å². The average molecular weight is 311 g/mol. The zero-order valence-electron chi connectivity index (χ0n) is 10.1. The summed E-state index contributed by atoms with van der Waals surface area (Å²) in [4.78, 5) is 0.734. The van der Waals surface area contributed by atoms with Gasteiger partial charge >= 0.3 is 6.18 Å². The van der Waals surface area contributed by atoms with Crippen molar-refractivity contribution < 1.29 is 13.2 Å². The highest BCUT2D eigenvalue weighted by Gasteiger charge is 2.30. The molecule has 1 aromatic rings. The highest BCUT2D eigenvalue weighted by Crippen LogP contribution is 2.29. The van der Waals surface area contributed by atoms with Crippen molar-refractivity contribution in [2.45, 2.75) is 12.6 Å². The number of halogens is 3. The van der Waals surface area contributed by atoms with Gasteiger partial charge in [-0.15, -0.1) is 0 Å². The average Bonchev–Trinajstić information content (AvgIpc) is 2.56. The molecular weight excluding hydrogens is 303 g/mol. The van der Waals surface area contributed by atoms with Gasteiger partial charge in [0.15, 0.2) is 0 Å². The molecule has 1 aliphatic heterocycles.